The molecule has 4 nitrogen and oxygen atoms in total. The Bertz CT molecular complexity index is 729. The summed E-state index contributed by atoms with van der Waals surface area (Å²) in [5, 5.41) is 7.14. The molecule has 0 aliphatic carbocycles. The SMILES string of the molecule is COc1cccc(C(NC(=O)C2CCNCC2)c2ccccc2Cl)c1. The van der Waals surface area contributed by atoms with E-state index in [9.17, 15) is 4.79 Å². The van der Waals surface area contributed by atoms with Crippen molar-refractivity contribution < 1.29 is 9.53 Å². The van der Waals surface area contributed by atoms with Gasteiger partial charge in [-0.3, -0.25) is 4.79 Å². The minimum Gasteiger partial charge on any atom is -0.497 e. The molecular formula is C20H23ClN2O2. The molecule has 1 fully saturated rings. The summed E-state index contributed by atoms with van der Waals surface area (Å²) < 4.78 is 5.34. The molecule has 2 N–H and O–H groups in total. The van der Waals surface area contributed by atoms with E-state index in [4.69, 9.17) is 16.3 Å². The van der Waals surface area contributed by atoms with Crippen molar-refractivity contribution in [2.75, 3.05) is 20.2 Å². The summed E-state index contributed by atoms with van der Waals surface area (Å²) in [6.07, 6.45) is 1.72. The zero-order valence-corrected chi connectivity index (χ0v) is 15.1. The zero-order chi connectivity index (χ0) is 17.6. The van der Waals surface area contributed by atoms with Gasteiger partial charge in [-0.15, -0.1) is 0 Å². The lowest BCUT2D eigenvalue weighted by Crippen LogP contribution is -2.40. The van der Waals surface area contributed by atoms with E-state index >= 15 is 0 Å². The molecule has 25 heavy (non-hydrogen) atoms. The number of amides is 1. The number of nitrogens with one attached hydrogen (secondary N) is 2. The second kappa shape index (κ2) is 8.37. The normalized spacial score (nSPS) is 16.2. The third kappa shape index (κ3) is 4.33. The van der Waals surface area contributed by atoms with Crippen molar-refractivity contribution in [3.8, 4) is 5.75 Å². The smallest absolute Gasteiger partial charge is 0.223 e. The molecule has 1 saturated heterocycles. The van der Waals surface area contributed by atoms with Gasteiger partial charge in [0.2, 0.25) is 5.91 Å². The van der Waals surface area contributed by atoms with E-state index in [-0.39, 0.29) is 17.9 Å². The topological polar surface area (TPSA) is 50.4 Å². The maximum absolute atomic E-state index is 12.8. The van der Waals surface area contributed by atoms with Crippen molar-refractivity contribution >= 4 is 17.5 Å². The van der Waals surface area contributed by atoms with E-state index < -0.39 is 0 Å². The number of carbonyl (C=O) groups is 1. The van der Waals surface area contributed by atoms with E-state index in [0.717, 1.165) is 42.8 Å². The number of hydrogen-bond acceptors (Lipinski definition) is 3. The maximum Gasteiger partial charge on any atom is 0.223 e. The third-order valence-electron chi connectivity index (χ3n) is 4.64. The number of benzene rings is 2. The van der Waals surface area contributed by atoms with Crippen molar-refractivity contribution in [2.24, 2.45) is 5.92 Å². The van der Waals surface area contributed by atoms with Gasteiger partial charge in [0.15, 0.2) is 0 Å². The van der Waals surface area contributed by atoms with Gasteiger partial charge < -0.3 is 15.4 Å². The highest BCUT2D eigenvalue weighted by Crippen LogP contribution is 2.30. The summed E-state index contributed by atoms with van der Waals surface area (Å²) in [7, 11) is 1.64. The highest BCUT2D eigenvalue weighted by Gasteiger charge is 2.26. The Hall–Kier alpha value is -2.04. The summed E-state index contributed by atoms with van der Waals surface area (Å²) in [4.78, 5) is 12.8. The lowest BCUT2D eigenvalue weighted by atomic mass is 9.94. The van der Waals surface area contributed by atoms with Crippen LogP contribution in [0.2, 0.25) is 5.02 Å². The lowest BCUT2D eigenvalue weighted by Gasteiger charge is -2.26. The van der Waals surface area contributed by atoms with Crippen LogP contribution in [0.4, 0.5) is 0 Å². The number of halogens is 1. The monoisotopic (exact) mass is 358 g/mol. The fourth-order valence-electron chi connectivity index (χ4n) is 3.22. The van der Waals surface area contributed by atoms with Gasteiger partial charge in [-0.2, -0.15) is 0 Å². The molecule has 1 heterocycles. The minimum absolute atomic E-state index is 0.0387. The summed E-state index contributed by atoms with van der Waals surface area (Å²) >= 11 is 6.42. The predicted molar refractivity (Wildman–Crippen MR) is 100 cm³/mol. The van der Waals surface area contributed by atoms with Gasteiger partial charge >= 0.3 is 0 Å². The molecule has 1 aliphatic rings. The van der Waals surface area contributed by atoms with Crippen molar-refractivity contribution in [3.63, 3.8) is 0 Å². The Morgan fingerprint density at radius 2 is 1.96 bits per heavy atom. The molecule has 1 unspecified atom stereocenters. The number of methoxy groups -OCH3 is 1. The quantitative estimate of drug-likeness (QED) is 0.859. The molecule has 2 aromatic rings. The van der Waals surface area contributed by atoms with Crippen molar-refractivity contribution in [1.82, 2.24) is 10.6 Å². The van der Waals surface area contributed by atoms with Crippen LogP contribution in [0.25, 0.3) is 0 Å². The summed E-state index contributed by atoms with van der Waals surface area (Å²) in [6, 6.07) is 15.1. The average molecular weight is 359 g/mol. The number of carbonyl (C=O) groups excluding carboxylic acids is 1. The van der Waals surface area contributed by atoms with Crippen LogP contribution in [0.5, 0.6) is 5.75 Å². The molecule has 0 spiro atoms. The fourth-order valence-corrected chi connectivity index (χ4v) is 3.46. The Kier molecular flexibility index (Phi) is 5.95. The van der Waals surface area contributed by atoms with Gasteiger partial charge in [-0.1, -0.05) is 41.9 Å². The highest BCUT2D eigenvalue weighted by atomic mass is 35.5. The predicted octanol–water partition coefficient (Wildman–Crippen LogP) is 3.55. The Morgan fingerprint density at radius 1 is 1.20 bits per heavy atom. The van der Waals surface area contributed by atoms with Gasteiger partial charge in [0.05, 0.1) is 13.2 Å². The lowest BCUT2D eigenvalue weighted by molar-refractivity contribution is -0.126. The van der Waals surface area contributed by atoms with Crippen LogP contribution >= 0.6 is 11.6 Å². The van der Waals surface area contributed by atoms with Gasteiger partial charge in [0.25, 0.3) is 0 Å². The first-order chi connectivity index (χ1) is 12.2. The minimum atomic E-state index is -0.300. The molecule has 0 saturated carbocycles. The highest BCUT2D eigenvalue weighted by molar-refractivity contribution is 6.31. The van der Waals surface area contributed by atoms with Gasteiger partial charge in [0.1, 0.15) is 5.75 Å². The molecular weight excluding hydrogens is 336 g/mol. The van der Waals surface area contributed by atoms with Crippen LogP contribution in [-0.2, 0) is 4.79 Å². The summed E-state index contributed by atoms with van der Waals surface area (Å²) in [6.45, 7) is 1.77. The first-order valence-corrected chi connectivity index (χ1v) is 8.96. The molecule has 1 atom stereocenters. The molecule has 2 aromatic carbocycles. The molecule has 1 aliphatic heterocycles. The number of rotatable bonds is 5. The van der Waals surface area contributed by atoms with Crippen molar-refractivity contribution in [3.05, 3.63) is 64.7 Å². The van der Waals surface area contributed by atoms with Gasteiger partial charge in [-0.05, 0) is 55.3 Å². The van der Waals surface area contributed by atoms with Crippen LogP contribution in [-0.4, -0.2) is 26.1 Å². The van der Waals surface area contributed by atoms with Crippen molar-refractivity contribution in [2.45, 2.75) is 18.9 Å². The molecule has 3 rings (SSSR count). The molecule has 1 amide bonds. The van der Waals surface area contributed by atoms with E-state index in [1.54, 1.807) is 7.11 Å². The molecule has 0 aromatic heterocycles. The molecule has 5 heteroatoms. The van der Waals surface area contributed by atoms with E-state index in [2.05, 4.69) is 10.6 Å². The van der Waals surface area contributed by atoms with E-state index in [0.29, 0.717) is 5.02 Å². The second-order valence-electron chi connectivity index (χ2n) is 6.26. The van der Waals surface area contributed by atoms with Crippen LogP contribution in [0, 0.1) is 5.92 Å². The number of hydrogen-bond donors (Lipinski definition) is 2. The largest absolute Gasteiger partial charge is 0.497 e. The molecule has 0 bridgehead atoms. The van der Waals surface area contributed by atoms with Crippen molar-refractivity contribution in [1.29, 1.82) is 0 Å². The van der Waals surface area contributed by atoms with E-state index in [1.165, 1.54) is 0 Å². The van der Waals surface area contributed by atoms with Gasteiger partial charge in [-0.25, -0.2) is 0 Å². The first kappa shape index (κ1) is 17.8. The van der Waals surface area contributed by atoms with Crippen LogP contribution in [0.1, 0.15) is 30.0 Å². The Balaban J connectivity index is 1.91. The fraction of sp³-hybridized carbons (Fsp3) is 0.350. The Labute approximate surface area is 153 Å². The standard InChI is InChI=1S/C20H23ClN2O2/c1-25-16-6-4-5-15(13-16)19(17-7-2-3-8-18(17)21)23-20(24)14-9-11-22-12-10-14/h2-8,13-14,19,22H,9-12H2,1H3,(H,23,24). The summed E-state index contributed by atoms with van der Waals surface area (Å²) in [5.41, 5.74) is 1.84. The molecule has 0 radical (unpaired) electrons. The number of piperidine rings is 1. The van der Waals surface area contributed by atoms with Gasteiger partial charge in [0, 0.05) is 10.9 Å². The second-order valence-corrected chi connectivity index (χ2v) is 6.67. The van der Waals surface area contributed by atoms with Crippen LogP contribution < -0.4 is 15.4 Å². The first-order valence-electron chi connectivity index (χ1n) is 8.58. The third-order valence-corrected chi connectivity index (χ3v) is 4.98. The van der Waals surface area contributed by atoms with E-state index in [1.807, 2.05) is 48.5 Å². The maximum atomic E-state index is 12.8. The summed E-state index contributed by atoms with van der Waals surface area (Å²) in [5.74, 6) is 0.872. The Morgan fingerprint density at radius 3 is 2.68 bits per heavy atom. The van der Waals surface area contributed by atoms with Crippen LogP contribution in [0.3, 0.4) is 0 Å². The zero-order valence-electron chi connectivity index (χ0n) is 14.3. The molecule has 132 valence electrons. The van der Waals surface area contributed by atoms with Crippen LogP contribution in [0.15, 0.2) is 48.5 Å². The number of ether oxygens (including phenoxy) is 1. The average Bonchev–Trinajstić information content (AvgIpc) is 2.67.